The first kappa shape index (κ1) is 15.6. The van der Waals surface area contributed by atoms with Crippen LogP contribution >= 0.6 is 0 Å². The van der Waals surface area contributed by atoms with Gasteiger partial charge >= 0.3 is 5.97 Å². The third-order valence-electron chi connectivity index (χ3n) is 4.15. The lowest BCUT2D eigenvalue weighted by atomic mass is 9.86. The van der Waals surface area contributed by atoms with Crippen LogP contribution in [0.4, 0.5) is 0 Å². The van der Waals surface area contributed by atoms with E-state index < -0.39 is 5.54 Å². The van der Waals surface area contributed by atoms with Crippen LogP contribution in [0.2, 0.25) is 0 Å². The fraction of sp³-hybridized carbons (Fsp3) is 0.316. The summed E-state index contributed by atoms with van der Waals surface area (Å²) in [5, 5.41) is 0. The maximum absolute atomic E-state index is 12.3. The Hall–Kier alpha value is -2.33. The third kappa shape index (κ3) is 3.22. The van der Waals surface area contributed by atoms with Crippen LogP contribution in [0, 0.1) is 5.92 Å². The Bertz CT molecular complexity index is 665. The third-order valence-corrected chi connectivity index (χ3v) is 4.15. The van der Waals surface area contributed by atoms with Gasteiger partial charge in [-0.2, -0.15) is 0 Å². The van der Waals surface area contributed by atoms with E-state index in [9.17, 15) is 4.79 Å². The number of nitrogens with two attached hydrogens (primary N) is 1. The molecule has 1 fully saturated rings. The first-order chi connectivity index (χ1) is 11.1. The zero-order valence-electron chi connectivity index (χ0n) is 13.2. The first-order valence-electron chi connectivity index (χ1n) is 7.94. The molecule has 1 aliphatic rings. The average molecular weight is 311 g/mol. The van der Waals surface area contributed by atoms with Gasteiger partial charge in [-0.1, -0.05) is 30.3 Å². The molecule has 2 aromatic carbocycles. The highest BCUT2D eigenvalue weighted by atomic mass is 16.5. The monoisotopic (exact) mass is 311 g/mol. The van der Waals surface area contributed by atoms with Crippen LogP contribution in [0.25, 0.3) is 0 Å². The second-order valence-corrected chi connectivity index (χ2v) is 5.80. The van der Waals surface area contributed by atoms with E-state index in [1.54, 1.807) is 6.92 Å². The topological polar surface area (TPSA) is 61.5 Å². The van der Waals surface area contributed by atoms with Crippen molar-refractivity contribution in [2.45, 2.75) is 25.3 Å². The highest BCUT2D eigenvalue weighted by molar-refractivity contribution is 5.83. The van der Waals surface area contributed by atoms with E-state index in [1.165, 1.54) is 0 Å². The smallest absolute Gasteiger partial charge is 0.331 e. The van der Waals surface area contributed by atoms with Crippen molar-refractivity contribution in [3.8, 4) is 11.5 Å². The molecule has 0 aliphatic heterocycles. The zero-order valence-corrected chi connectivity index (χ0v) is 13.2. The molecule has 4 heteroatoms. The minimum absolute atomic E-state index is 0.155. The molecule has 0 saturated heterocycles. The second kappa shape index (κ2) is 6.42. The molecular formula is C19H21NO3. The van der Waals surface area contributed by atoms with Crippen LogP contribution in [0.3, 0.4) is 0 Å². The Labute approximate surface area is 136 Å². The highest BCUT2D eigenvalue weighted by Crippen LogP contribution is 2.45. The molecule has 1 saturated carbocycles. The van der Waals surface area contributed by atoms with Gasteiger partial charge in [-0.05, 0) is 55.5 Å². The van der Waals surface area contributed by atoms with Crippen molar-refractivity contribution in [2.75, 3.05) is 6.61 Å². The molecule has 120 valence electrons. The van der Waals surface area contributed by atoms with Gasteiger partial charge in [0, 0.05) is 0 Å². The van der Waals surface area contributed by atoms with Crippen molar-refractivity contribution < 1.29 is 14.3 Å². The molecule has 1 unspecified atom stereocenters. The lowest BCUT2D eigenvalue weighted by Crippen LogP contribution is -2.48. The number of carbonyl (C=O) groups is 1. The van der Waals surface area contributed by atoms with Gasteiger partial charge in [0.05, 0.1) is 6.61 Å². The van der Waals surface area contributed by atoms with Crippen molar-refractivity contribution in [1.29, 1.82) is 0 Å². The molecular weight excluding hydrogens is 290 g/mol. The number of carbonyl (C=O) groups excluding carboxylic acids is 1. The summed E-state index contributed by atoms with van der Waals surface area (Å²) in [6, 6.07) is 16.9. The van der Waals surface area contributed by atoms with Crippen molar-refractivity contribution in [2.24, 2.45) is 11.7 Å². The van der Waals surface area contributed by atoms with Crippen molar-refractivity contribution >= 4 is 5.97 Å². The predicted molar refractivity (Wildman–Crippen MR) is 88.2 cm³/mol. The maximum Gasteiger partial charge on any atom is 0.331 e. The lowest BCUT2D eigenvalue weighted by molar-refractivity contribution is -0.151. The van der Waals surface area contributed by atoms with Gasteiger partial charge in [-0.15, -0.1) is 0 Å². The second-order valence-electron chi connectivity index (χ2n) is 5.80. The number of benzene rings is 2. The van der Waals surface area contributed by atoms with E-state index >= 15 is 0 Å². The summed E-state index contributed by atoms with van der Waals surface area (Å²) in [6.45, 7) is 2.13. The van der Waals surface area contributed by atoms with Crippen molar-refractivity contribution in [3.63, 3.8) is 0 Å². The normalized spacial score (nSPS) is 16.4. The summed E-state index contributed by atoms with van der Waals surface area (Å²) in [7, 11) is 0. The molecule has 0 amide bonds. The minimum atomic E-state index is -1.05. The summed E-state index contributed by atoms with van der Waals surface area (Å²) in [4.78, 5) is 12.3. The standard InChI is InChI=1S/C19H21NO3/c1-2-22-18(21)19(20,14-8-9-14)15-10-12-17(13-11-15)23-16-6-4-3-5-7-16/h3-7,10-14H,2,8-9,20H2,1H3. The SMILES string of the molecule is CCOC(=O)C(N)(c1ccc(Oc2ccccc2)cc1)C1CC1. The highest BCUT2D eigenvalue weighted by Gasteiger charge is 2.50. The zero-order chi connectivity index (χ0) is 16.3. The number of para-hydroxylation sites is 1. The molecule has 2 N–H and O–H groups in total. The van der Waals surface area contributed by atoms with Crippen LogP contribution in [0.5, 0.6) is 11.5 Å². The van der Waals surface area contributed by atoms with Gasteiger partial charge in [0.15, 0.2) is 0 Å². The fourth-order valence-corrected chi connectivity index (χ4v) is 2.73. The summed E-state index contributed by atoms with van der Waals surface area (Å²) in [6.07, 6.45) is 1.91. The van der Waals surface area contributed by atoms with E-state index in [4.69, 9.17) is 15.2 Å². The Morgan fingerprint density at radius 1 is 1.09 bits per heavy atom. The van der Waals surface area contributed by atoms with Crippen LogP contribution in [0.15, 0.2) is 54.6 Å². The molecule has 0 radical (unpaired) electrons. The molecule has 0 heterocycles. The number of rotatable bonds is 6. The molecule has 3 rings (SSSR count). The van der Waals surface area contributed by atoms with Crippen LogP contribution in [-0.2, 0) is 15.1 Å². The molecule has 2 aromatic rings. The van der Waals surface area contributed by atoms with E-state index in [0.717, 1.165) is 24.2 Å². The van der Waals surface area contributed by atoms with E-state index in [-0.39, 0.29) is 11.9 Å². The van der Waals surface area contributed by atoms with Gasteiger partial charge in [-0.25, -0.2) is 4.79 Å². The summed E-state index contributed by atoms with van der Waals surface area (Å²) in [5.74, 6) is 1.29. The minimum Gasteiger partial charge on any atom is -0.464 e. The van der Waals surface area contributed by atoms with E-state index in [2.05, 4.69) is 0 Å². The number of esters is 1. The number of ether oxygens (including phenoxy) is 2. The van der Waals surface area contributed by atoms with Crippen molar-refractivity contribution in [1.82, 2.24) is 0 Å². The maximum atomic E-state index is 12.3. The number of hydrogen-bond acceptors (Lipinski definition) is 4. The van der Waals surface area contributed by atoms with Crippen LogP contribution in [0.1, 0.15) is 25.3 Å². The summed E-state index contributed by atoms with van der Waals surface area (Å²) in [5.41, 5.74) is 6.16. The molecule has 23 heavy (non-hydrogen) atoms. The summed E-state index contributed by atoms with van der Waals surface area (Å²) < 4.78 is 11.0. The molecule has 0 aromatic heterocycles. The first-order valence-corrected chi connectivity index (χ1v) is 7.94. The van der Waals surface area contributed by atoms with E-state index in [1.807, 2.05) is 54.6 Å². The predicted octanol–water partition coefficient (Wildman–Crippen LogP) is 3.61. The average Bonchev–Trinajstić information content (AvgIpc) is 3.41. The number of hydrogen-bond donors (Lipinski definition) is 1. The van der Waals surface area contributed by atoms with Gasteiger partial charge in [0.2, 0.25) is 0 Å². The molecule has 1 aliphatic carbocycles. The van der Waals surface area contributed by atoms with Crippen LogP contribution < -0.4 is 10.5 Å². The van der Waals surface area contributed by atoms with Gasteiger partial charge in [0.1, 0.15) is 17.0 Å². The van der Waals surface area contributed by atoms with Gasteiger partial charge < -0.3 is 15.2 Å². The fourth-order valence-electron chi connectivity index (χ4n) is 2.73. The summed E-state index contributed by atoms with van der Waals surface area (Å²) >= 11 is 0. The Morgan fingerprint density at radius 3 is 2.26 bits per heavy atom. The van der Waals surface area contributed by atoms with E-state index in [0.29, 0.717) is 12.4 Å². The molecule has 0 bridgehead atoms. The van der Waals surface area contributed by atoms with Crippen LogP contribution in [-0.4, -0.2) is 12.6 Å². The Balaban J connectivity index is 1.81. The lowest BCUT2D eigenvalue weighted by Gasteiger charge is -2.27. The van der Waals surface area contributed by atoms with Gasteiger partial charge in [-0.3, -0.25) is 0 Å². The largest absolute Gasteiger partial charge is 0.464 e. The molecule has 4 nitrogen and oxygen atoms in total. The Kier molecular flexibility index (Phi) is 4.35. The molecule has 0 spiro atoms. The molecule has 1 atom stereocenters. The van der Waals surface area contributed by atoms with Crippen molar-refractivity contribution in [3.05, 3.63) is 60.2 Å². The van der Waals surface area contributed by atoms with Gasteiger partial charge in [0.25, 0.3) is 0 Å². The Morgan fingerprint density at radius 2 is 1.70 bits per heavy atom. The quantitative estimate of drug-likeness (QED) is 0.828.